The Morgan fingerprint density at radius 3 is 1.83 bits per heavy atom. The van der Waals surface area contributed by atoms with Gasteiger partial charge in [-0.2, -0.15) is 0 Å². The van der Waals surface area contributed by atoms with E-state index < -0.39 is 74.6 Å². The van der Waals surface area contributed by atoms with E-state index in [4.69, 9.17) is 19.3 Å². The predicted molar refractivity (Wildman–Crippen MR) is 68.6 cm³/mol. The van der Waals surface area contributed by atoms with E-state index in [2.05, 4.69) is 0 Å². The Kier molecular flexibility index (Phi) is 6.27. The lowest BCUT2D eigenvalue weighted by molar-refractivity contribution is -0.355. The highest BCUT2D eigenvalue weighted by Gasteiger charge is 2.50. The summed E-state index contributed by atoms with van der Waals surface area (Å²) in [5.41, 5.74) is 0. The number of aliphatic hydroxyl groups excluding tert-OH is 8. The van der Waals surface area contributed by atoms with Gasteiger partial charge in [-0.3, -0.25) is 0 Å². The van der Waals surface area contributed by atoms with Crippen LogP contribution in [0, 0.1) is 0 Å². The van der Waals surface area contributed by atoms with Crippen LogP contribution in [0.1, 0.15) is 0 Å². The first-order chi connectivity index (χ1) is 10.8. The Hall–Kier alpha value is -0.440. The van der Waals surface area contributed by atoms with Crippen molar-refractivity contribution >= 4 is 0 Å². The summed E-state index contributed by atoms with van der Waals surface area (Å²) in [5, 5.41) is 76.5. The van der Waals surface area contributed by atoms with Crippen LogP contribution in [0.5, 0.6) is 0 Å². The molecule has 2 saturated heterocycles. The van der Waals surface area contributed by atoms with Crippen LogP contribution in [0.4, 0.5) is 0 Å². The van der Waals surface area contributed by atoms with Crippen molar-refractivity contribution in [1.29, 1.82) is 0 Å². The molecule has 11 nitrogen and oxygen atoms in total. The Bertz CT molecular complexity index is 378. The summed E-state index contributed by atoms with van der Waals surface area (Å²) in [5.74, 6) is 0. The summed E-state index contributed by atoms with van der Waals surface area (Å²) in [6, 6.07) is 0. The van der Waals surface area contributed by atoms with Crippen LogP contribution in [-0.4, -0.2) is 115 Å². The third-order valence-corrected chi connectivity index (χ3v) is 3.98. The molecule has 2 aliphatic rings. The summed E-state index contributed by atoms with van der Waals surface area (Å²) in [4.78, 5) is 0. The van der Waals surface area contributed by atoms with Gasteiger partial charge in [-0.25, -0.2) is 0 Å². The molecule has 0 bridgehead atoms. The highest BCUT2D eigenvalue weighted by Crippen LogP contribution is 2.28. The molecule has 136 valence electrons. The molecule has 0 unspecified atom stereocenters. The van der Waals surface area contributed by atoms with Crippen LogP contribution in [0.2, 0.25) is 0 Å². The van der Waals surface area contributed by atoms with Crippen molar-refractivity contribution in [3.63, 3.8) is 0 Å². The van der Waals surface area contributed by atoms with E-state index in [1.165, 1.54) is 0 Å². The van der Waals surface area contributed by atoms with E-state index in [9.17, 15) is 35.7 Å². The number of hydrogen-bond acceptors (Lipinski definition) is 11. The quantitative estimate of drug-likeness (QED) is 0.243. The van der Waals surface area contributed by atoms with E-state index in [0.29, 0.717) is 0 Å². The largest absolute Gasteiger partial charge is 0.394 e. The summed E-state index contributed by atoms with van der Waals surface area (Å²) in [7, 11) is 0. The van der Waals surface area contributed by atoms with Crippen molar-refractivity contribution in [3.05, 3.63) is 0 Å². The Morgan fingerprint density at radius 1 is 0.652 bits per heavy atom. The lowest BCUT2D eigenvalue weighted by Crippen LogP contribution is -2.64. The summed E-state index contributed by atoms with van der Waals surface area (Å²) in [6.07, 6.45) is -15.6. The Labute approximate surface area is 130 Å². The second kappa shape index (κ2) is 7.63. The number of aliphatic hydroxyl groups is 8. The molecule has 0 radical (unpaired) electrons. The van der Waals surface area contributed by atoms with Crippen molar-refractivity contribution in [3.8, 4) is 0 Å². The predicted octanol–water partition coefficient (Wildman–Crippen LogP) is -5.40. The molecule has 0 aromatic carbocycles. The van der Waals surface area contributed by atoms with Crippen molar-refractivity contribution in [2.24, 2.45) is 0 Å². The molecule has 0 saturated carbocycles. The van der Waals surface area contributed by atoms with Gasteiger partial charge in [0.1, 0.15) is 48.8 Å². The summed E-state index contributed by atoms with van der Waals surface area (Å²) < 4.78 is 15.3. The second-order valence-corrected chi connectivity index (χ2v) is 5.53. The van der Waals surface area contributed by atoms with Crippen LogP contribution in [-0.2, 0) is 14.2 Å². The zero-order chi connectivity index (χ0) is 17.3. The van der Waals surface area contributed by atoms with Crippen LogP contribution in [0.25, 0.3) is 0 Å². The summed E-state index contributed by atoms with van der Waals surface area (Å²) in [6.45, 7) is -1.35. The van der Waals surface area contributed by atoms with E-state index in [0.717, 1.165) is 0 Å². The van der Waals surface area contributed by atoms with Crippen LogP contribution < -0.4 is 0 Å². The van der Waals surface area contributed by atoms with Gasteiger partial charge in [-0.15, -0.1) is 0 Å². The maximum Gasteiger partial charge on any atom is 0.187 e. The van der Waals surface area contributed by atoms with E-state index >= 15 is 0 Å². The van der Waals surface area contributed by atoms with Gasteiger partial charge in [0.25, 0.3) is 0 Å². The monoisotopic (exact) mass is 342 g/mol. The van der Waals surface area contributed by atoms with Crippen molar-refractivity contribution in [2.45, 2.75) is 61.4 Å². The molecule has 0 spiro atoms. The molecule has 2 rings (SSSR count). The van der Waals surface area contributed by atoms with Gasteiger partial charge in [-0.05, 0) is 0 Å². The molecular formula is C12H22O11. The van der Waals surface area contributed by atoms with Gasteiger partial charge >= 0.3 is 0 Å². The maximum atomic E-state index is 9.94. The van der Waals surface area contributed by atoms with Gasteiger partial charge in [0, 0.05) is 0 Å². The maximum absolute atomic E-state index is 9.94. The molecule has 0 aromatic rings. The Morgan fingerprint density at radius 2 is 1.26 bits per heavy atom. The minimum absolute atomic E-state index is 0.667. The molecular weight excluding hydrogens is 320 g/mol. The minimum atomic E-state index is -1.74. The zero-order valence-electron chi connectivity index (χ0n) is 12.0. The second-order valence-electron chi connectivity index (χ2n) is 5.53. The lowest BCUT2D eigenvalue weighted by atomic mass is 9.97. The fourth-order valence-corrected chi connectivity index (χ4v) is 2.57. The number of ether oxygens (including phenoxy) is 3. The van der Waals surface area contributed by atoms with Crippen LogP contribution in [0.3, 0.4) is 0 Å². The zero-order valence-corrected chi connectivity index (χ0v) is 12.0. The molecule has 23 heavy (non-hydrogen) atoms. The molecule has 0 aliphatic carbocycles. The smallest absolute Gasteiger partial charge is 0.187 e. The van der Waals surface area contributed by atoms with Crippen LogP contribution in [0.15, 0.2) is 0 Å². The third kappa shape index (κ3) is 3.65. The Balaban J connectivity index is 2.11. The SMILES string of the molecule is OC[C@@H]1O[C@@H](O)[C@H](O)[C@H](O)[C@@H]1O[C@@H]1O[C@H](CO)[C@@H](O)[C@H](O)[C@H]1O. The van der Waals surface area contributed by atoms with Gasteiger partial charge < -0.3 is 55.1 Å². The lowest BCUT2D eigenvalue weighted by Gasteiger charge is -2.45. The first-order valence-electron chi connectivity index (χ1n) is 7.08. The minimum Gasteiger partial charge on any atom is -0.394 e. The molecule has 2 heterocycles. The highest BCUT2D eigenvalue weighted by atomic mass is 16.7. The van der Waals surface area contributed by atoms with E-state index in [1.54, 1.807) is 0 Å². The fourth-order valence-electron chi connectivity index (χ4n) is 2.57. The molecule has 0 aromatic heterocycles. The fraction of sp³-hybridized carbons (Fsp3) is 1.00. The number of rotatable bonds is 4. The average Bonchev–Trinajstić information content (AvgIpc) is 2.55. The standard InChI is InChI=1S/C12H22O11/c13-1-3-5(15)6(16)9(19)12(22-3)23-10-4(2-14)21-11(20)8(18)7(10)17/h3-20H,1-2H2/t3-,4+,5-,6+,7+,8-,9-,10-,11-,12+/m1/s1. The molecule has 10 atom stereocenters. The first-order valence-corrected chi connectivity index (χ1v) is 7.08. The van der Waals surface area contributed by atoms with Gasteiger partial charge in [0.05, 0.1) is 13.2 Å². The number of hydrogen-bond donors (Lipinski definition) is 8. The van der Waals surface area contributed by atoms with Crippen molar-refractivity contribution < 1.29 is 55.1 Å². The van der Waals surface area contributed by atoms with Crippen LogP contribution >= 0.6 is 0 Å². The van der Waals surface area contributed by atoms with Gasteiger partial charge in [0.15, 0.2) is 12.6 Å². The highest BCUT2D eigenvalue weighted by molar-refractivity contribution is 4.93. The van der Waals surface area contributed by atoms with Gasteiger partial charge in [0.2, 0.25) is 0 Å². The van der Waals surface area contributed by atoms with Gasteiger partial charge in [-0.1, -0.05) is 0 Å². The summed E-state index contributed by atoms with van der Waals surface area (Å²) >= 11 is 0. The normalized spacial score (nSPS) is 51.7. The van der Waals surface area contributed by atoms with Crippen molar-refractivity contribution in [1.82, 2.24) is 0 Å². The molecule has 0 amide bonds. The van der Waals surface area contributed by atoms with Crippen molar-refractivity contribution in [2.75, 3.05) is 13.2 Å². The average molecular weight is 342 g/mol. The molecule has 2 aliphatic heterocycles. The van der Waals surface area contributed by atoms with E-state index in [1.807, 2.05) is 0 Å². The third-order valence-electron chi connectivity index (χ3n) is 3.98. The molecule has 2 fully saturated rings. The topological polar surface area (TPSA) is 190 Å². The van der Waals surface area contributed by atoms with E-state index in [-0.39, 0.29) is 0 Å². The molecule has 8 N–H and O–H groups in total. The molecule has 11 heteroatoms. The first kappa shape index (κ1) is 18.9.